The van der Waals surface area contributed by atoms with Crippen molar-refractivity contribution in [1.29, 1.82) is 0 Å². The first-order valence-corrected chi connectivity index (χ1v) is 33.0. The van der Waals surface area contributed by atoms with E-state index in [0.717, 1.165) is 66.7 Å². The standard InChI is InChI=1S/C52H37N11O20S6.6Na/c53-27-1-11-43(45(21-27)86(72,73)74)60-56-39-13-16-42(38-24-32(85(69,70)71)5-9-35(38)39)59-63-50-48(89(81,82)83)20-26-18-30(4-8-34(26)52(50)65)55-29-3-7-33-25(17-29)19-47(88(78,79)80)49(51(33)64)62-58-40-14-15-41(37-23-31(84(66,67)68)6-10-36(37)40)57-61-44-12-2-28(54)22-46(44)87(75,76)77;;;;;;/h1-24,55,64-65H,53-54H2,(H,66,67,68)(H,69,70,71)(H,72,73,74)(H,75,76,77)(H,78,79,80)(H,81,82,83);;;;;;. The molecule has 6 radical (unpaired) electrons. The molecule has 10 aromatic rings. The van der Waals surface area contributed by atoms with Crippen molar-refractivity contribution in [3.63, 3.8) is 0 Å². The Morgan fingerprint density at radius 2 is 0.568 bits per heavy atom. The van der Waals surface area contributed by atoms with Crippen LogP contribution >= 0.6 is 0 Å². The van der Waals surface area contributed by atoms with Gasteiger partial charge in [0.15, 0.2) is 11.5 Å². The Balaban J connectivity index is 0.00000320. The Hall–Kier alpha value is -3.90. The predicted molar refractivity (Wildman–Crippen MR) is 354 cm³/mol. The number of anilines is 4. The number of hydrogen-bond acceptors (Lipinski definition) is 25. The molecule has 462 valence electrons. The summed E-state index contributed by atoms with van der Waals surface area (Å²) in [6.45, 7) is 0. The van der Waals surface area contributed by atoms with E-state index in [1.54, 1.807) is 0 Å². The smallest absolute Gasteiger partial charge is 0.296 e. The van der Waals surface area contributed by atoms with Crippen LogP contribution < -0.4 is 16.8 Å². The van der Waals surface area contributed by atoms with E-state index in [2.05, 4.69) is 46.2 Å². The molecule has 0 bridgehead atoms. The minimum Gasteiger partial charge on any atom is -0.505 e. The van der Waals surface area contributed by atoms with Crippen LogP contribution in [0.5, 0.6) is 11.5 Å². The van der Waals surface area contributed by atoms with E-state index in [9.17, 15) is 88.0 Å². The fourth-order valence-electron chi connectivity index (χ4n) is 8.94. The van der Waals surface area contributed by atoms with Crippen LogP contribution in [0.25, 0.3) is 43.1 Å². The van der Waals surface area contributed by atoms with E-state index < -0.39 is 113 Å². The molecular weight excluding hydrogens is 1430 g/mol. The number of nitrogen functional groups attached to an aromatic ring is 2. The second kappa shape index (κ2) is 32.2. The van der Waals surface area contributed by atoms with Gasteiger partial charge in [-0.05, 0) is 144 Å². The molecule has 43 heteroatoms. The maximum atomic E-state index is 12.9. The van der Waals surface area contributed by atoms with Crippen LogP contribution in [0, 0.1) is 0 Å². The average Bonchev–Trinajstić information content (AvgIpc) is 0.775. The maximum Gasteiger partial charge on any atom is 0.296 e. The van der Waals surface area contributed by atoms with Gasteiger partial charge in [0.1, 0.15) is 42.3 Å². The van der Waals surface area contributed by atoms with Gasteiger partial charge in [-0.3, -0.25) is 27.3 Å². The van der Waals surface area contributed by atoms with Crippen molar-refractivity contribution in [1.82, 2.24) is 0 Å². The van der Waals surface area contributed by atoms with E-state index in [-0.39, 0.29) is 277 Å². The third-order valence-corrected chi connectivity index (χ3v) is 18.2. The number of phenolic OH excluding ortho intramolecular Hbond substituents is 2. The fourth-order valence-corrected chi connectivity index (χ4v) is 12.6. The van der Waals surface area contributed by atoms with Gasteiger partial charge in [0.25, 0.3) is 60.7 Å². The number of azo groups is 4. The zero-order valence-corrected chi connectivity index (χ0v) is 66.9. The van der Waals surface area contributed by atoms with Crippen molar-refractivity contribution in [2.45, 2.75) is 29.4 Å². The van der Waals surface area contributed by atoms with Gasteiger partial charge >= 0.3 is 0 Å². The zero-order valence-electron chi connectivity index (χ0n) is 50.0. The molecular formula is C52H37N11Na6O20S6. The third kappa shape index (κ3) is 19.0. The van der Waals surface area contributed by atoms with E-state index >= 15 is 0 Å². The average molecular weight is 1470 g/mol. The summed E-state index contributed by atoms with van der Waals surface area (Å²) >= 11 is 0. The number of nitrogens with one attached hydrogen (secondary N) is 1. The van der Waals surface area contributed by atoms with E-state index in [1.165, 1.54) is 78.9 Å². The van der Waals surface area contributed by atoms with E-state index in [0.29, 0.717) is 0 Å². The van der Waals surface area contributed by atoms with E-state index in [1.807, 2.05) is 0 Å². The van der Waals surface area contributed by atoms with Crippen LogP contribution in [0.3, 0.4) is 0 Å². The Bertz CT molecular complexity index is 5630. The normalized spacial score (nSPS) is 12.3. The molecule has 31 nitrogen and oxygen atoms in total. The molecule has 0 fully saturated rings. The van der Waals surface area contributed by atoms with Crippen molar-refractivity contribution in [3.05, 3.63) is 146 Å². The first-order chi connectivity index (χ1) is 41.5. The molecule has 0 spiro atoms. The van der Waals surface area contributed by atoms with Crippen molar-refractivity contribution in [2.24, 2.45) is 40.9 Å². The number of aromatic hydroxyl groups is 2. The largest absolute Gasteiger partial charge is 0.505 e. The molecule has 0 amide bonds. The van der Waals surface area contributed by atoms with Crippen LogP contribution in [0.1, 0.15) is 0 Å². The molecule has 0 aliphatic heterocycles. The van der Waals surface area contributed by atoms with Crippen LogP contribution in [0.4, 0.5) is 68.2 Å². The number of nitrogens with two attached hydrogens (primary N) is 2. The molecule has 10 aromatic carbocycles. The number of benzene rings is 10. The van der Waals surface area contributed by atoms with Gasteiger partial charge in [-0.2, -0.15) is 50.5 Å². The Morgan fingerprint density at radius 1 is 0.284 bits per heavy atom. The second-order valence-corrected chi connectivity index (χ2v) is 27.3. The zero-order chi connectivity index (χ0) is 64.5. The molecule has 0 aliphatic rings. The van der Waals surface area contributed by atoms with Gasteiger partial charge in [0.2, 0.25) is 0 Å². The molecule has 0 saturated carbocycles. The molecule has 0 aromatic heterocycles. The Morgan fingerprint density at radius 3 is 0.884 bits per heavy atom. The summed E-state index contributed by atoms with van der Waals surface area (Å²) in [4.78, 5) is -4.63. The molecule has 0 atom stereocenters. The number of hydrogen-bond donors (Lipinski definition) is 11. The van der Waals surface area contributed by atoms with E-state index in [4.69, 9.17) is 11.5 Å². The van der Waals surface area contributed by atoms with Gasteiger partial charge in [-0.15, -0.1) is 40.9 Å². The number of phenols is 2. The van der Waals surface area contributed by atoms with Crippen molar-refractivity contribution >= 4 is 349 Å². The van der Waals surface area contributed by atoms with Gasteiger partial charge in [-0.25, -0.2) is 0 Å². The molecule has 0 unspecified atom stereocenters. The summed E-state index contributed by atoms with van der Waals surface area (Å²) in [5.74, 6) is -1.65. The van der Waals surface area contributed by atoms with Crippen molar-refractivity contribution in [3.8, 4) is 11.5 Å². The molecule has 0 aliphatic carbocycles. The van der Waals surface area contributed by atoms with Crippen LogP contribution in [-0.2, 0) is 60.7 Å². The fraction of sp³-hybridized carbons (Fsp3) is 0. The Labute approximate surface area is 671 Å². The summed E-state index contributed by atoms with van der Waals surface area (Å²) in [5.41, 5.74) is 8.74. The number of rotatable bonds is 16. The van der Waals surface area contributed by atoms with Gasteiger partial charge in [-0.1, -0.05) is 12.1 Å². The minimum absolute atomic E-state index is 0. The summed E-state index contributed by atoms with van der Waals surface area (Å²) in [6, 6.07) is 27.7. The number of fused-ring (bicyclic) bond motifs is 4. The van der Waals surface area contributed by atoms with Gasteiger partial charge in [0, 0.05) is 232 Å². The van der Waals surface area contributed by atoms with Crippen molar-refractivity contribution < 1.29 is 88.0 Å². The monoisotopic (exact) mass is 1460 g/mol. The third-order valence-electron chi connectivity index (χ3n) is 13.0. The van der Waals surface area contributed by atoms with Crippen molar-refractivity contribution in [2.75, 3.05) is 16.8 Å². The van der Waals surface area contributed by atoms with Crippen LogP contribution in [0.2, 0.25) is 0 Å². The molecule has 0 saturated heterocycles. The van der Waals surface area contributed by atoms with Gasteiger partial charge in [0.05, 0.1) is 32.5 Å². The predicted octanol–water partition coefficient (Wildman–Crippen LogP) is 9.48. The summed E-state index contributed by atoms with van der Waals surface area (Å²) < 4.78 is 209. The number of nitrogens with zero attached hydrogens (tertiary/aromatic N) is 8. The van der Waals surface area contributed by atoms with Crippen LogP contribution in [-0.4, -0.2) is 265 Å². The molecule has 0 heterocycles. The summed E-state index contributed by atoms with van der Waals surface area (Å²) in [5, 5.41) is 57.7. The Kier molecular flexibility index (Phi) is 28.3. The minimum atomic E-state index is -5.26. The summed E-state index contributed by atoms with van der Waals surface area (Å²) in [6.07, 6.45) is 0. The first-order valence-electron chi connectivity index (χ1n) is 24.3. The first kappa shape index (κ1) is 83.5. The molecule has 95 heavy (non-hydrogen) atoms. The SMILES string of the molecule is Nc1ccc(N=Nc2ccc(N=Nc3c(S(=O)(=O)O)cc4cc(Nc5ccc6c(O)c(N=Nc7ccc(N=Nc8ccc(N)cc8S(=O)(=O)O)c8ccc(S(=O)(=O)O)cc78)c(S(=O)(=O)O)cc6c5)ccc4c3O)c3ccc(S(=O)(=O)O)cc23)c(S(=O)(=O)O)c1.[Na].[Na].[Na].[Na].[Na].[Na]. The molecule has 10 rings (SSSR count). The topological polar surface area (TPSA) is 530 Å². The quantitative estimate of drug-likeness (QED) is 0.0185. The maximum absolute atomic E-state index is 12.9. The van der Waals surface area contributed by atoms with Gasteiger partial charge < -0.3 is 27.0 Å². The second-order valence-electron chi connectivity index (χ2n) is 18.9. The van der Waals surface area contributed by atoms with Crippen LogP contribution in [0.15, 0.2) is 216 Å². The molecule has 13 N–H and O–H groups in total. The summed E-state index contributed by atoms with van der Waals surface area (Å²) in [7, 11) is -30.0.